The second-order valence-electron chi connectivity index (χ2n) is 8.86. The smallest absolute Gasteiger partial charge is 0.267 e. The Morgan fingerprint density at radius 3 is 2.59 bits per heavy atom. The van der Waals surface area contributed by atoms with Crippen molar-refractivity contribution in [2.45, 2.75) is 19.4 Å². The number of pyridine rings is 1. The minimum absolute atomic E-state index is 0.199. The van der Waals surface area contributed by atoms with Gasteiger partial charge in [0.25, 0.3) is 11.5 Å². The van der Waals surface area contributed by atoms with Crippen LogP contribution >= 0.6 is 24.0 Å². The molecular formula is C26H25N5O4S2. The number of amides is 2. The monoisotopic (exact) mass is 535 g/mol. The zero-order valence-electron chi connectivity index (χ0n) is 20.1. The van der Waals surface area contributed by atoms with E-state index in [0.29, 0.717) is 58.7 Å². The molecule has 190 valence electrons. The van der Waals surface area contributed by atoms with E-state index in [1.165, 1.54) is 21.1 Å². The molecule has 0 aliphatic carbocycles. The summed E-state index contributed by atoms with van der Waals surface area (Å²) < 4.78 is 7.08. The second-order valence-corrected chi connectivity index (χ2v) is 10.5. The first-order valence-electron chi connectivity index (χ1n) is 11.8. The van der Waals surface area contributed by atoms with E-state index in [0.717, 1.165) is 11.3 Å². The Bertz CT molecular complexity index is 1480. The van der Waals surface area contributed by atoms with Gasteiger partial charge in [0, 0.05) is 25.2 Å². The number of thiocarbonyl (C=S) groups is 1. The van der Waals surface area contributed by atoms with Crippen molar-refractivity contribution >= 4 is 57.7 Å². The number of aromatic nitrogens is 2. The molecule has 2 saturated heterocycles. The molecule has 2 aromatic heterocycles. The zero-order chi connectivity index (χ0) is 26.1. The zero-order valence-corrected chi connectivity index (χ0v) is 21.8. The molecule has 2 aliphatic rings. The molecule has 2 amide bonds. The molecule has 0 unspecified atom stereocenters. The minimum atomic E-state index is -0.313. The van der Waals surface area contributed by atoms with Crippen molar-refractivity contribution in [3.05, 3.63) is 75.0 Å². The Labute approximate surface area is 222 Å². The minimum Gasteiger partial charge on any atom is -0.497 e. The fraction of sp³-hybridized carbons (Fsp3) is 0.269. The molecule has 4 heterocycles. The molecule has 9 nitrogen and oxygen atoms in total. The van der Waals surface area contributed by atoms with Crippen LogP contribution in [0.4, 0.5) is 5.82 Å². The van der Waals surface area contributed by atoms with Crippen molar-refractivity contribution < 1.29 is 14.3 Å². The highest BCUT2D eigenvalue weighted by Crippen LogP contribution is 2.35. The molecule has 0 atom stereocenters. The van der Waals surface area contributed by atoms with Crippen LogP contribution in [0.3, 0.4) is 0 Å². The number of nitrogens with two attached hydrogens (primary N) is 1. The quantitative estimate of drug-likeness (QED) is 0.379. The predicted molar refractivity (Wildman–Crippen MR) is 147 cm³/mol. The van der Waals surface area contributed by atoms with Crippen LogP contribution in [-0.4, -0.2) is 50.6 Å². The molecular weight excluding hydrogens is 510 g/mol. The van der Waals surface area contributed by atoms with Crippen molar-refractivity contribution in [1.82, 2.24) is 14.3 Å². The van der Waals surface area contributed by atoms with Crippen LogP contribution in [0.5, 0.6) is 5.75 Å². The van der Waals surface area contributed by atoms with Crippen LogP contribution in [0, 0.1) is 5.92 Å². The third-order valence-electron chi connectivity index (χ3n) is 6.59. The van der Waals surface area contributed by atoms with Gasteiger partial charge in [-0.2, -0.15) is 0 Å². The van der Waals surface area contributed by atoms with Gasteiger partial charge in [-0.05, 0) is 48.7 Å². The number of thioether (sulfide) groups is 1. The molecule has 37 heavy (non-hydrogen) atoms. The molecule has 3 aromatic rings. The third kappa shape index (κ3) is 4.96. The van der Waals surface area contributed by atoms with E-state index in [1.54, 1.807) is 31.5 Å². The number of ether oxygens (including phenoxy) is 1. The standard InChI is InChI=1S/C26H25N5O4S2/c1-35-18-7-5-16(6-8-18)15-31-25(34)20(37-26(31)36)14-19-23(29-12-9-17(10-13-29)22(27)32)28-21-4-2-3-11-30(21)24(19)33/h2-8,11,14,17H,9-10,12-13,15H2,1H3,(H2,27,32)/b20-14+. The van der Waals surface area contributed by atoms with E-state index in [4.69, 9.17) is 27.7 Å². The number of benzene rings is 1. The molecule has 5 rings (SSSR count). The molecule has 0 radical (unpaired) electrons. The average molecular weight is 536 g/mol. The van der Waals surface area contributed by atoms with Gasteiger partial charge >= 0.3 is 0 Å². The fourth-order valence-electron chi connectivity index (χ4n) is 4.52. The Balaban J connectivity index is 1.49. The number of primary amides is 1. The summed E-state index contributed by atoms with van der Waals surface area (Å²) >= 11 is 6.68. The highest BCUT2D eigenvalue weighted by Gasteiger charge is 2.33. The van der Waals surface area contributed by atoms with Crippen LogP contribution in [0.1, 0.15) is 24.0 Å². The van der Waals surface area contributed by atoms with Crippen LogP contribution in [0.2, 0.25) is 0 Å². The maximum absolute atomic E-state index is 13.6. The Morgan fingerprint density at radius 1 is 1.19 bits per heavy atom. The summed E-state index contributed by atoms with van der Waals surface area (Å²) in [4.78, 5) is 47.2. The Hall–Kier alpha value is -3.70. The van der Waals surface area contributed by atoms with E-state index in [1.807, 2.05) is 35.2 Å². The summed E-state index contributed by atoms with van der Waals surface area (Å²) in [6.45, 7) is 1.37. The van der Waals surface area contributed by atoms with Crippen molar-refractivity contribution in [2.75, 3.05) is 25.1 Å². The summed E-state index contributed by atoms with van der Waals surface area (Å²) in [6.07, 6.45) is 4.40. The first-order valence-corrected chi connectivity index (χ1v) is 13.0. The van der Waals surface area contributed by atoms with Gasteiger partial charge in [-0.3, -0.25) is 23.7 Å². The van der Waals surface area contributed by atoms with Crippen LogP contribution in [0.25, 0.3) is 11.7 Å². The van der Waals surface area contributed by atoms with E-state index in [-0.39, 0.29) is 23.3 Å². The number of fused-ring (bicyclic) bond motifs is 1. The molecule has 2 fully saturated rings. The SMILES string of the molecule is COc1ccc(CN2C(=O)/C(=C\c3c(N4CCC(C(N)=O)CC4)nc4ccccn4c3=O)SC2=S)cc1. The van der Waals surface area contributed by atoms with E-state index < -0.39 is 0 Å². The second kappa shape index (κ2) is 10.3. The first-order chi connectivity index (χ1) is 17.9. The maximum atomic E-state index is 13.6. The lowest BCUT2D eigenvalue weighted by Gasteiger charge is -2.32. The number of hydrogen-bond donors (Lipinski definition) is 1. The van der Waals surface area contributed by atoms with Crippen molar-refractivity contribution in [2.24, 2.45) is 11.7 Å². The lowest BCUT2D eigenvalue weighted by atomic mass is 9.96. The van der Waals surface area contributed by atoms with E-state index in [9.17, 15) is 14.4 Å². The number of nitrogens with zero attached hydrogens (tertiary/aromatic N) is 4. The molecule has 0 saturated carbocycles. The molecule has 0 bridgehead atoms. The van der Waals surface area contributed by atoms with Gasteiger partial charge in [0.05, 0.1) is 24.1 Å². The van der Waals surface area contributed by atoms with Gasteiger partial charge in [0.2, 0.25) is 5.91 Å². The number of piperidine rings is 1. The van der Waals surface area contributed by atoms with Gasteiger partial charge < -0.3 is 15.4 Å². The number of rotatable bonds is 6. The number of hydrogen-bond acceptors (Lipinski definition) is 8. The van der Waals surface area contributed by atoms with E-state index >= 15 is 0 Å². The fourth-order valence-corrected chi connectivity index (χ4v) is 5.75. The summed E-state index contributed by atoms with van der Waals surface area (Å²) in [5, 5.41) is 0. The molecule has 11 heteroatoms. The summed E-state index contributed by atoms with van der Waals surface area (Å²) in [6, 6.07) is 12.8. The van der Waals surface area contributed by atoms with Gasteiger partial charge in [-0.1, -0.05) is 42.2 Å². The average Bonchev–Trinajstić information content (AvgIpc) is 3.18. The lowest BCUT2D eigenvalue weighted by Crippen LogP contribution is -2.40. The highest BCUT2D eigenvalue weighted by atomic mass is 32.2. The van der Waals surface area contributed by atoms with Crippen LogP contribution < -0.4 is 20.9 Å². The maximum Gasteiger partial charge on any atom is 0.267 e. The third-order valence-corrected chi connectivity index (χ3v) is 7.97. The molecule has 0 spiro atoms. The van der Waals surface area contributed by atoms with Crippen molar-refractivity contribution in [1.29, 1.82) is 0 Å². The summed E-state index contributed by atoms with van der Waals surface area (Å²) in [7, 11) is 1.60. The van der Waals surface area contributed by atoms with Crippen LogP contribution in [0.15, 0.2) is 58.4 Å². The highest BCUT2D eigenvalue weighted by molar-refractivity contribution is 8.26. The topological polar surface area (TPSA) is 110 Å². The number of carbonyl (C=O) groups excluding carboxylic acids is 2. The summed E-state index contributed by atoms with van der Waals surface area (Å²) in [5.41, 5.74) is 6.94. The first kappa shape index (κ1) is 25.0. The molecule has 2 aliphatic heterocycles. The van der Waals surface area contributed by atoms with Crippen LogP contribution in [-0.2, 0) is 16.1 Å². The predicted octanol–water partition coefficient (Wildman–Crippen LogP) is 2.81. The number of methoxy groups -OCH3 is 1. The Kier molecular flexibility index (Phi) is 6.98. The largest absolute Gasteiger partial charge is 0.497 e. The van der Waals surface area contributed by atoms with Gasteiger partial charge in [0.15, 0.2) is 0 Å². The van der Waals surface area contributed by atoms with Gasteiger partial charge in [-0.15, -0.1) is 0 Å². The van der Waals surface area contributed by atoms with Crippen molar-refractivity contribution in [3.63, 3.8) is 0 Å². The van der Waals surface area contributed by atoms with E-state index in [2.05, 4.69) is 0 Å². The van der Waals surface area contributed by atoms with Gasteiger partial charge in [0.1, 0.15) is 21.5 Å². The molecule has 2 N–H and O–H groups in total. The number of carbonyl (C=O) groups is 2. The normalized spacial score (nSPS) is 17.7. The van der Waals surface area contributed by atoms with Crippen molar-refractivity contribution in [3.8, 4) is 5.75 Å². The summed E-state index contributed by atoms with van der Waals surface area (Å²) in [5.74, 6) is 0.439. The molecule has 1 aromatic carbocycles. The van der Waals surface area contributed by atoms with Gasteiger partial charge in [-0.25, -0.2) is 4.98 Å². The number of anilines is 1. The Morgan fingerprint density at radius 2 is 1.92 bits per heavy atom. The lowest BCUT2D eigenvalue weighted by molar-refractivity contribution is -0.123.